The summed E-state index contributed by atoms with van der Waals surface area (Å²) in [6, 6.07) is 27.7. The highest BCUT2D eigenvalue weighted by molar-refractivity contribution is 5.63. The van der Waals surface area contributed by atoms with E-state index in [-0.39, 0.29) is 0 Å². The third-order valence-corrected chi connectivity index (χ3v) is 5.19. The van der Waals surface area contributed by atoms with Gasteiger partial charge in [0.05, 0.1) is 0 Å². The van der Waals surface area contributed by atoms with Crippen LogP contribution in [-0.2, 0) is 13.0 Å². The summed E-state index contributed by atoms with van der Waals surface area (Å²) in [5.74, 6) is 0.930. The van der Waals surface area contributed by atoms with Crippen molar-refractivity contribution in [1.82, 2.24) is 4.90 Å². The van der Waals surface area contributed by atoms with Gasteiger partial charge in [0.15, 0.2) is 0 Å². The fourth-order valence-corrected chi connectivity index (χ4v) is 3.60. The lowest BCUT2D eigenvalue weighted by atomic mass is 10.0. The van der Waals surface area contributed by atoms with Crippen LogP contribution < -0.4 is 4.74 Å². The largest absolute Gasteiger partial charge is 0.489 e. The maximum atomic E-state index is 5.98. The minimum absolute atomic E-state index is 0.592. The molecule has 29 heavy (non-hydrogen) atoms. The fourth-order valence-electron chi connectivity index (χ4n) is 3.60. The lowest BCUT2D eigenvalue weighted by molar-refractivity contribution is 0.278. The van der Waals surface area contributed by atoms with Crippen molar-refractivity contribution in [1.29, 1.82) is 0 Å². The Hall–Kier alpha value is -2.58. The van der Waals surface area contributed by atoms with Crippen molar-refractivity contribution in [3.8, 4) is 16.9 Å². The Kier molecular flexibility index (Phi) is 8.33. The molecule has 3 rings (SSSR count). The van der Waals surface area contributed by atoms with Crippen LogP contribution in [0.25, 0.3) is 11.1 Å². The molecule has 0 spiro atoms. The number of hydrogen-bond acceptors (Lipinski definition) is 2. The summed E-state index contributed by atoms with van der Waals surface area (Å²) in [6.45, 7) is 8.62. The highest BCUT2D eigenvalue weighted by Crippen LogP contribution is 2.20. The molecule has 152 valence electrons. The molecule has 0 amide bonds. The Balaban J connectivity index is 1.48. The minimum atomic E-state index is 0.592. The van der Waals surface area contributed by atoms with Gasteiger partial charge in [-0.1, -0.05) is 80.6 Å². The number of hydrogen-bond donors (Lipinski definition) is 0. The monoisotopic (exact) mass is 387 g/mol. The number of rotatable bonds is 11. The summed E-state index contributed by atoms with van der Waals surface area (Å²) >= 11 is 0. The van der Waals surface area contributed by atoms with E-state index in [1.54, 1.807) is 0 Å². The van der Waals surface area contributed by atoms with Crippen molar-refractivity contribution in [3.05, 3.63) is 90.0 Å². The van der Waals surface area contributed by atoms with E-state index in [1.165, 1.54) is 48.2 Å². The minimum Gasteiger partial charge on any atom is -0.489 e. The molecular formula is C27H33NO. The van der Waals surface area contributed by atoms with Gasteiger partial charge >= 0.3 is 0 Å². The van der Waals surface area contributed by atoms with E-state index in [4.69, 9.17) is 4.74 Å². The van der Waals surface area contributed by atoms with E-state index in [1.807, 2.05) is 6.07 Å². The van der Waals surface area contributed by atoms with Gasteiger partial charge in [-0.05, 0) is 66.7 Å². The highest BCUT2D eigenvalue weighted by Gasteiger charge is 2.04. The van der Waals surface area contributed by atoms with Crippen molar-refractivity contribution in [2.75, 3.05) is 19.6 Å². The van der Waals surface area contributed by atoms with Crippen LogP contribution >= 0.6 is 0 Å². The van der Waals surface area contributed by atoms with E-state index in [9.17, 15) is 0 Å². The van der Waals surface area contributed by atoms with Crippen molar-refractivity contribution in [2.24, 2.45) is 0 Å². The molecular weight excluding hydrogens is 354 g/mol. The van der Waals surface area contributed by atoms with Gasteiger partial charge in [-0.25, -0.2) is 0 Å². The van der Waals surface area contributed by atoms with E-state index >= 15 is 0 Å². The van der Waals surface area contributed by atoms with Gasteiger partial charge in [-0.3, -0.25) is 0 Å². The molecule has 0 aliphatic carbocycles. The second kappa shape index (κ2) is 11.4. The van der Waals surface area contributed by atoms with Crippen molar-refractivity contribution < 1.29 is 4.74 Å². The third-order valence-electron chi connectivity index (χ3n) is 5.19. The molecule has 3 aromatic rings. The molecule has 0 unspecified atom stereocenters. The van der Waals surface area contributed by atoms with Gasteiger partial charge in [-0.2, -0.15) is 0 Å². The molecule has 2 nitrogen and oxygen atoms in total. The quantitative estimate of drug-likeness (QED) is 0.368. The summed E-state index contributed by atoms with van der Waals surface area (Å²) in [4.78, 5) is 2.56. The molecule has 0 saturated carbocycles. The molecule has 2 heteroatoms. The van der Waals surface area contributed by atoms with Gasteiger partial charge in [0.1, 0.15) is 12.4 Å². The number of benzene rings is 3. The topological polar surface area (TPSA) is 12.5 Å². The van der Waals surface area contributed by atoms with E-state index in [0.717, 1.165) is 18.7 Å². The van der Waals surface area contributed by atoms with E-state index in [2.05, 4.69) is 91.5 Å². The van der Waals surface area contributed by atoms with Crippen LogP contribution in [0.1, 0.15) is 37.8 Å². The molecule has 3 aromatic carbocycles. The molecule has 0 radical (unpaired) electrons. The van der Waals surface area contributed by atoms with Crippen LogP contribution in [0.5, 0.6) is 5.75 Å². The third kappa shape index (κ3) is 6.76. The summed E-state index contributed by atoms with van der Waals surface area (Å²) < 4.78 is 5.98. The lowest BCUT2D eigenvalue weighted by Crippen LogP contribution is -2.27. The zero-order valence-corrected chi connectivity index (χ0v) is 17.8. The standard InChI is InChI=1S/C27H33NO/c1-3-19-28(20-4-2)21-18-23-12-16-27(17-13-23)29-22-24-10-14-26(15-11-24)25-8-6-5-7-9-25/h5-17H,3-4,18-22H2,1-2H3. The van der Waals surface area contributed by atoms with Crippen LogP contribution in [0.15, 0.2) is 78.9 Å². The average Bonchev–Trinajstić information content (AvgIpc) is 2.78. The van der Waals surface area contributed by atoms with Gasteiger partial charge in [0.25, 0.3) is 0 Å². The molecule has 0 saturated heterocycles. The second-order valence-electron chi connectivity index (χ2n) is 7.59. The van der Waals surface area contributed by atoms with Crippen LogP contribution in [0, 0.1) is 0 Å². The van der Waals surface area contributed by atoms with Crippen molar-refractivity contribution in [3.63, 3.8) is 0 Å². The molecule has 0 atom stereocenters. The first-order chi connectivity index (χ1) is 14.3. The maximum absolute atomic E-state index is 5.98. The molecule has 0 bridgehead atoms. The Morgan fingerprint density at radius 2 is 1.21 bits per heavy atom. The predicted molar refractivity (Wildman–Crippen MR) is 123 cm³/mol. The van der Waals surface area contributed by atoms with Crippen molar-refractivity contribution >= 4 is 0 Å². The molecule has 0 heterocycles. The second-order valence-corrected chi connectivity index (χ2v) is 7.59. The smallest absolute Gasteiger partial charge is 0.119 e. The Morgan fingerprint density at radius 3 is 1.83 bits per heavy atom. The first kappa shape index (κ1) is 21.1. The molecule has 0 aromatic heterocycles. The zero-order valence-electron chi connectivity index (χ0n) is 17.8. The van der Waals surface area contributed by atoms with Crippen LogP contribution in [-0.4, -0.2) is 24.5 Å². The van der Waals surface area contributed by atoms with Gasteiger partial charge in [-0.15, -0.1) is 0 Å². The number of nitrogens with zero attached hydrogens (tertiary/aromatic N) is 1. The van der Waals surface area contributed by atoms with Crippen LogP contribution in [0.2, 0.25) is 0 Å². The lowest BCUT2D eigenvalue weighted by Gasteiger charge is -2.20. The van der Waals surface area contributed by atoms with Gasteiger partial charge in [0, 0.05) is 6.54 Å². The van der Waals surface area contributed by atoms with E-state index < -0.39 is 0 Å². The normalized spacial score (nSPS) is 11.0. The zero-order chi connectivity index (χ0) is 20.3. The summed E-state index contributed by atoms with van der Waals surface area (Å²) in [6.07, 6.45) is 3.54. The average molecular weight is 388 g/mol. The van der Waals surface area contributed by atoms with Gasteiger partial charge in [0.2, 0.25) is 0 Å². The highest BCUT2D eigenvalue weighted by atomic mass is 16.5. The predicted octanol–water partition coefficient (Wildman–Crippen LogP) is 6.60. The molecule has 0 aliphatic rings. The molecule has 0 fully saturated rings. The Morgan fingerprint density at radius 1 is 0.621 bits per heavy atom. The first-order valence-electron chi connectivity index (χ1n) is 10.9. The van der Waals surface area contributed by atoms with Crippen molar-refractivity contribution in [2.45, 2.75) is 39.7 Å². The summed E-state index contributed by atoms with van der Waals surface area (Å²) in [5, 5.41) is 0. The van der Waals surface area contributed by atoms with Crippen LogP contribution in [0.4, 0.5) is 0 Å². The summed E-state index contributed by atoms with van der Waals surface area (Å²) in [5.41, 5.74) is 5.04. The molecule has 0 N–H and O–H groups in total. The molecule has 0 aliphatic heterocycles. The SMILES string of the molecule is CCCN(CCC)CCc1ccc(OCc2ccc(-c3ccccc3)cc2)cc1. The number of ether oxygens (including phenoxy) is 1. The Labute approximate surface area is 176 Å². The fraction of sp³-hybridized carbons (Fsp3) is 0.333. The maximum Gasteiger partial charge on any atom is 0.119 e. The Bertz CT molecular complexity index is 819. The first-order valence-corrected chi connectivity index (χ1v) is 10.9. The van der Waals surface area contributed by atoms with E-state index in [0.29, 0.717) is 6.61 Å². The van der Waals surface area contributed by atoms with Crippen LogP contribution in [0.3, 0.4) is 0 Å². The summed E-state index contributed by atoms with van der Waals surface area (Å²) in [7, 11) is 0. The van der Waals surface area contributed by atoms with Gasteiger partial charge < -0.3 is 9.64 Å².